The number of benzene rings is 3. The zero-order chi connectivity index (χ0) is 27.4. The molecule has 3 aromatic carbocycles. The Bertz CT molecular complexity index is 1460. The molecular weight excluding hydrogens is 488 g/mol. The number of fused-ring (bicyclic) bond motifs is 3. The second-order valence-corrected chi connectivity index (χ2v) is 9.81. The number of aromatic nitrogens is 1. The highest BCUT2D eigenvalue weighted by Crippen LogP contribution is 2.42. The van der Waals surface area contributed by atoms with E-state index in [1.807, 2.05) is 59.6 Å². The number of unbranched alkanes of at least 4 members (excludes halogenated alkanes) is 1. The molecule has 1 aliphatic rings. The van der Waals surface area contributed by atoms with E-state index in [0.29, 0.717) is 18.0 Å². The van der Waals surface area contributed by atoms with E-state index in [9.17, 15) is 9.59 Å². The lowest BCUT2D eigenvalue weighted by molar-refractivity contribution is -0.119. The summed E-state index contributed by atoms with van der Waals surface area (Å²) >= 11 is 0. The molecule has 0 saturated carbocycles. The van der Waals surface area contributed by atoms with E-state index in [-0.39, 0.29) is 24.5 Å². The number of amides is 3. The SMILES string of the molecule is CCCCN(CC(=O)N1c2ccccc2-n2cccc2C1c1ccc(C)cc1)C(=O)Nc1cccc(OC)c1. The van der Waals surface area contributed by atoms with Crippen molar-refractivity contribution in [3.8, 4) is 11.4 Å². The van der Waals surface area contributed by atoms with Crippen LogP contribution in [0.5, 0.6) is 5.75 Å². The van der Waals surface area contributed by atoms with Crippen LogP contribution in [0.2, 0.25) is 0 Å². The molecule has 0 bridgehead atoms. The van der Waals surface area contributed by atoms with E-state index in [0.717, 1.165) is 41.0 Å². The maximum absolute atomic E-state index is 14.2. The fourth-order valence-corrected chi connectivity index (χ4v) is 5.07. The molecule has 0 radical (unpaired) electrons. The molecule has 1 aliphatic heterocycles. The van der Waals surface area contributed by atoms with Gasteiger partial charge in [0.2, 0.25) is 5.91 Å². The summed E-state index contributed by atoms with van der Waals surface area (Å²) in [5.41, 5.74) is 5.56. The first-order valence-electron chi connectivity index (χ1n) is 13.4. The molecule has 7 nitrogen and oxygen atoms in total. The zero-order valence-corrected chi connectivity index (χ0v) is 22.6. The van der Waals surface area contributed by atoms with Gasteiger partial charge in [0, 0.05) is 24.5 Å². The van der Waals surface area contributed by atoms with Crippen LogP contribution in [0.3, 0.4) is 0 Å². The lowest BCUT2D eigenvalue weighted by Crippen LogP contribution is -2.48. The topological polar surface area (TPSA) is 66.8 Å². The quantitative estimate of drug-likeness (QED) is 0.285. The van der Waals surface area contributed by atoms with Crippen LogP contribution >= 0.6 is 0 Å². The van der Waals surface area contributed by atoms with Gasteiger partial charge in [-0.1, -0.05) is 61.4 Å². The molecule has 200 valence electrons. The molecule has 1 aromatic heterocycles. The number of urea groups is 1. The number of carbonyl (C=O) groups is 2. The monoisotopic (exact) mass is 522 g/mol. The van der Waals surface area contributed by atoms with Crippen molar-refractivity contribution in [2.45, 2.75) is 32.7 Å². The number of carbonyl (C=O) groups excluding carboxylic acids is 2. The summed E-state index contributed by atoms with van der Waals surface area (Å²) in [6.45, 7) is 4.55. The Kier molecular flexibility index (Phi) is 7.68. The van der Waals surface area contributed by atoms with E-state index in [1.54, 1.807) is 18.1 Å². The van der Waals surface area contributed by atoms with Crippen molar-refractivity contribution in [3.05, 3.63) is 108 Å². The highest BCUT2D eigenvalue weighted by molar-refractivity contribution is 6.01. The molecule has 2 heterocycles. The van der Waals surface area contributed by atoms with Crippen molar-refractivity contribution >= 4 is 23.3 Å². The minimum Gasteiger partial charge on any atom is -0.497 e. The van der Waals surface area contributed by atoms with E-state index >= 15 is 0 Å². The van der Waals surface area contributed by atoms with Crippen LogP contribution in [0.1, 0.15) is 42.6 Å². The van der Waals surface area contributed by atoms with E-state index < -0.39 is 0 Å². The lowest BCUT2D eigenvalue weighted by atomic mass is 9.97. The Labute approximate surface area is 229 Å². The maximum atomic E-state index is 14.2. The first-order valence-corrected chi connectivity index (χ1v) is 13.4. The normalized spacial score (nSPS) is 13.8. The van der Waals surface area contributed by atoms with Gasteiger partial charge in [-0.05, 0) is 55.3 Å². The highest BCUT2D eigenvalue weighted by Gasteiger charge is 2.36. The molecule has 5 rings (SSSR count). The van der Waals surface area contributed by atoms with Gasteiger partial charge in [-0.15, -0.1) is 0 Å². The number of aryl methyl sites for hydroxylation is 1. The van der Waals surface area contributed by atoms with Crippen molar-refractivity contribution in [1.82, 2.24) is 9.47 Å². The van der Waals surface area contributed by atoms with Crippen molar-refractivity contribution in [2.24, 2.45) is 0 Å². The Morgan fingerprint density at radius 3 is 2.46 bits per heavy atom. The third-order valence-corrected chi connectivity index (χ3v) is 7.10. The van der Waals surface area contributed by atoms with Crippen molar-refractivity contribution in [3.63, 3.8) is 0 Å². The Balaban J connectivity index is 1.49. The largest absolute Gasteiger partial charge is 0.497 e. The molecule has 39 heavy (non-hydrogen) atoms. The summed E-state index contributed by atoms with van der Waals surface area (Å²) in [7, 11) is 1.59. The minimum atomic E-state index is -0.322. The summed E-state index contributed by atoms with van der Waals surface area (Å²) in [6, 6.07) is 26.9. The molecule has 7 heteroatoms. The fraction of sp³-hybridized carbons (Fsp3) is 0.250. The number of nitrogens with one attached hydrogen (secondary N) is 1. The summed E-state index contributed by atoms with van der Waals surface area (Å²) < 4.78 is 7.44. The van der Waals surface area contributed by atoms with E-state index in [2.05, 4.69) is 54.1 Å². The van der Waals surface area contributed by atoms with Gasteiger partial charge >= 0.3 is 6.03 Å². The minimum absolute atomic E-state index is 0.0484. The number of anilines is 2. The summed E-state index contributed by atoms with van der Waals surface area (Å²) in [6.07, 6.45) is 3.73. The van der Waals surface area contributed by atoms with Crippen LogP contribution < -0.4 is 15.0 Å². The molecular formula is C32H34N4O3. The molecule has 0 spiro atoms. The van der Waals surface area contributed by atoms with Gasteiger partial charge in [0.1, 0.15) is 18.3 Å². The maximum Gasteiger partial charge on any atom is 0.322 e. The van der Waals surface area contributed by atoms with Crippen molar-refractivity contribution < 1.29 is 14.3 Å². The Morgan fingerprint density at radius 2 is 1.72 bits per heavy atom. The highest BCUT2D eigenvalue weighted by atomic mass is 16.5. The van der Waals surface area contributed by atoms with Gasteiger partial charge in [-0.2, -0.15) is 0 Å². The number of hydrogen-bond donors (Lipinski definition) is 1. The third kappa shape index (κ3) is 5.39. The summed E-state index contributed by atoms with van der Waals surface area (Å²) in [4.78, 5) is 31.1. The number of para-hydroxylation sites is 2. The number of rotatable bonds is 8. The molecule has 0 aliphatic carbocycles. The van der Waals surface area contributed by atoms with Crippen LogP contribution in [0.4, 0.5) is 16.2 Å². The van der Waals surface area contributed by atoms with Crippen molar-refractivity contribution in [1.29, 1.82) is 0 Å². The zero-order valence-electron chi connectivity index (χ0n) is 22.6. The van der Waals surface area contributed by atoms with E-state index in [4.69, 9.17) is 4.74 Å². The van der Waals surface area contributed by atoms with Crippen LogP contribution in [-0.4, -0.2) is 41.6 Å². The van der Waals surface area contributed by atoms with Crippen LogP contribution in [-0.2, 0) is 4.79 Å². The molecule has 0 saturated heterocycles. The van der Waals surface area contributed by atoms with Crippen LogP contribution in [0, 0.1) is 6.92 Å². The van der Waals surface area contributed by atoms with Crippen LogP contribution in [0.15, 0.2) is 91.1 Å². The molecule has 1 unspecified atom stereocenters. The fourth-order valence-electron chi connectivity index (χ4n) is 5.07. The first-order chi connectivity index (χ1) is 19.0. The lowest BCUT2D eigenvalue weighted by Gasteiger charge is -2.39. The Hall–Kier alpha value is -4.52. The average Bonchev–Trinajstić information content (AvgIpc) is 3.45. The predicted molar refractivity (Wildman–Crippen MR) is 155 cm³/mol. The first kappa shape index (κ1) is 26.1. The molecule has 0 fully saturated rings. The predicted octanol–water partition coefficient (Wildman–Crippen LogP) is 6.56. The van der Waals surface area contributed by atoms with Gasteiger partial charge in [-0.3, -0.25) is 9.69 Å². The van der Waals surface area contributed by atoms with Gasteiger partial charge < -0.3 is 19.5 Å². The van der Waals surface area contributed by atoms with Crippen molar-refractivity contribution in [2.75, 3.05) is 30.4 Å². The Morgan fingerprint density at radius 1 is 0.949 bits per heavy atom. The van der Waals surface area contributed by atoms with Gasteiger partial charge in [-0.25, -0.2) is 4.79 Å². The summed E-state index contributed by atoms with van der Waals surface area (Å²) in [5, 5.41) is 2.95. The second-order valence-electron chi connectivity index (χ2n) is 9.81. The van der Waals surface area contributed by atoms with E-state index in [1.165, 1.54) is 0 Å². The smallest absolute Gasteiger partial charge is 0.322 e. The molecule has 1 N–H and O–H groups in total. The summed E-state index contributed by atoms with van der Waals surface area (Å²) in [5.74, 6) is 0.509. The molecule has 4 aromatic rings. The number of nitrogens with zero attached hydrogens (tertiary/aromatic N) is 3. The number of hydrogen-bond acceptors (Lipinski definition) is 3. The van der Waals surface area contributed by atoms with Gasteiger partial charge in [0.05, 0.1) is 24.2 Å². The average molecular weight is 523 g/mol. The number of ether oxygens (including phenoxy) is 1. The standard InChI is InChI=1S/C32H34N4O3/c1-4-5-19-34(32(38)33-25-10-8-11-26(21-25)39-3)22-30(37)36-28-13-7-6-12-27(28)35-20-9-14-29(35)31(36)24-17-15-23(2)16-18-24/h6-18,20-21,31H,4-5,19,22H2,1-3H3,(H,33,38). The second kappa shape index (κ2) is 11.5. The molecule has 3 amide bonds. The molecule has 1 atom stereocenters. The van der Waals surface area contributed by atoms with Gasteiger partial charge in [0.25, 0.3) is 0 Å². The third-order valence-electron chi connectivity index (χ3n) is 7.10. The van der Waals surface area contributed by atoms with Crippen LogP contribution in [0.25, 0.3) is 5.69 Å². The van der Waals surface area contributed by atoms with Gasteiger partial charge in [0.15, 0.2) is 0 Å². The number of methoxy groups -OCH3 is 1.